The molecule has 0 aliphatic carbocycles. The number of aromatic nitrogens is 2. The second-order valence-electron chi connectivity index (χ2n) is 5.33. The first-order valence-electron chi connectivity index (χ1n) is 7.46. The second kappa shape index (κ2) is 7.67. The number of hydrogen-bond acceptors (Lipinski definition) is 8. The topological polar surface area (TPSA) is 114 Å². The number of hydrogen-bond donors (Lipinski definition) is 2. The van der Waals surface area contributed by atoms with E-state index in [9.17, 15) is 9.59 Å². The maximum atomic E-state index is 12.3. The summed E-state index contributed by atoms with van der Waals surface area (Å²) in [6, 6.07) is 3.29. The van der Waals surface area contributed by atoms with Gasteiger partial charge in [0, 0.05) is 19.1 Å². The largest absolute Gasteiger partial charge is 0.459 e. The van der Waals surface area contributed by atoms with Crippen LogP contribution in [0.1, 0.15) is 23.4 Å². The van der Waals surface area contributed by atoms with Gasteiger partial charge in [-0.2, -0.15) is 0 Å². The number of nitrogens with two attached hydrogens (primary N) is 1. The summed E-state index contributed by atoms with van der Waals surface area (Å²) in [4.78, 5) is 26.1. The average molecular weight is 367 g/mol. The van der Waals surface area contributed by atoms with Crippen molar-refractivity contribution in [1.29, 1.82) is 0 Å². The number of amides is 2. The standard InChI is InChI=1S/C14H17N5O3S2/c15-13-17-18-14(24-13)23-8-11(20)16-9-3-1-5-19(7-9)12(21)10-4-2-6-22-10/h2,4,6,9H,1,3,5,7-8H2,(H2,15,17)(H,16,20). The van der Waals surface area contributed by atoms with Gasteiger partial charge in [-0.25, -0.2) is 0 Å². The van der Waals surface area contributed by atoms with Crippen LogP contribution in [-0.2, 0) is 4.79 Å². The predicted octanol–water partition coefficient (Wildman–Crippen LogP) is 1.23. The SMILES string of the molecule is Nc1nnc(SCC(=O)NC2CCCN(C(=O)c3ccco3)C2)s1. The third kappa shape index (κ3) is 4.26. The molecular formula is C14H17N5O3S2. The Morgan fingerprint density at radius 3 is 3.08 bits per heavy atom. The Bertz CT molecular complexity index is 703. The highest BCUT2D eigenvalue weighted by molar-refractivity contribution is 8.01. The monoisotopic (exact) mass is 367 g/mol. The Morgan fingerprint density at radius 2 is 2.38 bits per heavy atom. The van der Waals surface area contributed by atoms with Crippen molar-refractivity contribution < 1.29 is 14.0 Å². The zero-order chi connectivity index (χ0) is 16.9. The number of nitrogen functional groups attached to an aromatic ring is 1. The minimum atomic E-state index is -0.141. The molecule has 3 N–H and O–H groups in total. The van der Waals surface area contributed by atoms with Gasteiger partial charge in [0.25, 0.3) is 5.91 Å². The predicted molar refractivity (Wildman–Crippen MR) is 90.8 cm³/mol. The molecule has 8 nitrogen and oxygen atoms in total. The van der Waals surface area contributed by atoms with Crippen LogP contribution in [0.3, 0.4) is 0 Å². The van der Waals surface area contributed by atoms with Crippen LogP contribution >= 0.6 is 23.1 Å². The molecule has 10 heteroatoms. The van der Waals surface area contributed by atoms with E-state index in [2.05, 4.69) is 15.5 Å². The van der Waals surface area contributed by atoms with Gasteiger partial charge < -0.3 is 20.4 Å². The number of anilines is 1. The molecule has 1 saturated heterocycles. The molecule has 1 fully saturated rings. The van der Waals surface area contributed by atoms with Crippen LogP contribution in [0, 0.1) is 0 Å². The van der Waals surface area contributed by atoms with Crippen LogP contribution in [-0.4, -0.2) is 51.8 Å². The molecule has 1 atom stereocenters. The normalized spacial score (nSPS) is 17.7. The zero-order valence-electron chi connectivity index (χ0n) is 12.8. The van der Waals surface area contributed by atoms with Crippen LogP contribution in [0.15, 0.2) is 27.2 Å². The van der Waals surface area contributed by atoms with Gasteiger partial charge in [0.2, 0.25) is 11.0 Å². The lowest BCUT2D eigenvalue weighted by atomic mass is 10.1. The fourth-order valence-electron chi connectivity index (χ4n) is 2.51. The van der Waals surface area contributed by atoms with E-state index in [-0.39, 0.29) is 23.6 Å². The van der Waals surface area contributed by atoms with Crippen LogP contribution in [0.25, 0.3) is 0 Å². The number of carbonyl (C=O) groups excluding carboxylic acids is 2. The molecule has 0 bridgehead atoms. The lowest BCUT2D eigenvalue weighted by Crippen LogP contribution is -2.50. The van der Waals surface area contributed by atoms with Crippen molar-refractivity contribution in [1.82, 2.24) is 20.4 Å². The van der Waals surface area contributed by atoms with Crippen LogP contribution in [0.5, 0.6) is 0 Å². The third-order valence-corrected chi connectivity index (χ3v) is 5.44. The lowest BCUT2D eigenvalue weighted by molar-refractivity contribution is -0.119. The van der Waals surface area contributed by atoms with E-state index in [0.29, 0.717) is 28.3 Å². The highest BCUT2D eigenvalue weighted by atomic mass is 32.2. The van der Waals surface area contributed by atoms with Gasteiger partial charge in [-0.3, -0.25) is 9.59 Å². The van der Waals surface area contributed by atoms with Gasteiger partial charge >= 0.3 is 0 Å². The fraction of sp³-hybridized carbons (Fsp3) is 0.429. The van der Waals surface area contributed by atoms with Crippen molar-refractivity contribution in [3.63, 3.8) is 0 Å². The molecular weight excluding hydrogens is 350 g/mol. The molecule has 2 aromatic heterocycles. The summed E-state index contributed by atoms with van der Waals surface area (Å²) in [5.74, 6) is 0.340. The van der Waals surface area contributed by atoms with Gasteiger partial charge in [0.1, 0.15) is 0 Å². The van der Waals surface area contributed by atoms with Crippen molar-refractivity contribution in [3.05, 3.63) is 24.2 Å². The number of nitrogens with zero attached hydrogens (tertiary/aromatic N) is 3. The molecule has 1 unspecified atom stereocenters. The Morgan fingerprint density at radius 1 is 1.50 bits per heavy atom. The average Bonchev–Trinajstić information content (AvgIpc) is 3.24. The summed E-state index contributed by atoms with van der Waals surface area (Å²) < 4.78 is 5.82. The lowest BCUT2D eigenvalue weighted by Gasteiger charge is -2.32. The van der Waals surface area contributed by atoms with Gasteiger partial charge in [-0.1, -0.05) is 23.1 Å². The van der Waals surface area contributed by atoms with Crippen LogP contribution in [0.4, 0.5) is 5.13 Å². The molecule has 24 heavy (non-hydrogen) atoms. The number of furan rings is 1. The summed E-state index contributed by atoms with van der Waals surface area (Å²) in [5.41, 5.74) is 5.50. The summed E-state index contributed by atoms with van der Waals surface area (Å²) in [6.45, 7) is 1.16. The summed E-state index contributed by atoms with van der Waals surface area (Å²) in [6.07, 6.45) is 3.18. The van der Waals surface area contributed by atoms with E-state index in [0.717, 1.165) is 12.8 Å². The van der Waals surface area contributed by atoms with Crippen molar-refractivity contribution >= 4 is 40.0 Å². The summed E-state index contributed by atoms with van der Waals surface area (Å²) >= 11 is 2.55. The second-order valence-corrected chi connectivity index (χ2v) is 7.56. The van der Waals surface area contributed by atoms with Crippen LogP contribution in [0.2, 0.25) is 0 Å². The number of rotatable bonds is 5. The van der Waals surface area contributed by atoms with Gasteiger partial charge in [0.05, 0.1) is 12.0 Å². The zero-order valence-corrected chi connectivity index (χ0v) is 14.4. The quantitative estimate of drug-likeness (QED) is 0.764. The molecule has 1 aliphatic rings. The van der Waals surface area contributed by atoms with Crippen molar-refractivity contribution in [2.24, 2.45) is 0 Å². The maximum Gasteiger partial charge on any atom is 0.289 e. The van der Waals surface area contributed by atoms with Crippen LogP contribution < -0.4 is 11.1 Å². The molecule has 2 aromatic rings. The number of carbonyl (C=O) groups is 2. The molecule has 128 valence electrons. The summed E-state index contributed by atoms with van der Waals surface area (Å²) in [5, 5.41) is 10.9. The van der Waals surface area contributed by atoms with E-state index in [1.54, 1.807) is 17.0 Å². The maximum absolute atomic E-state index is 12.3. The minimum Gasteiger partial charge on any atom is -0.459 e. The van der Waals surface area contributed by atoms with E-state index >= 15 is 0 Å². The number of thioether (sulfide) groups is 1. The number of nitrogens with one attached hydrogen (secondary N) is 1. The molecule has 0 radical (unpaired) electrons. The van der Waals surface area contributed by atoms with Gasteiger partial charge in [0.15, 0.2) is 10.1 Å². The van der Waals surface area contributed by atoms with Gasteiger partial charge in [-0.15, -0.1) is 10.2 Å². The molecule has 1 aliphatic heterocycles. The smallest absolute Gasteiger partial charge is 0.289 e. The van der Waals surface area contributed by atoms with E-state index in [4.69, 9.17) is 10.2 Å². The Kier molecular flexibility index (Phi) is 5.36. The molecule has 3 heterocycles. The molecule has 0 spiro atoms. The van der Waals surface area contributed by atoms with Gasteiger partial charge in [-0.05, 0) is 25.0 Å². The Labute approximate surface area is 146 Å². The van der Waals surface area contributed by atoms with E-state index < -0.39 is 0 Å². The Hall–Kier alpha value is -2.07. The molecule has 0 aromatic carbocycles. The number of likely N-dealkylation sites (tertiary alicyclic amines) is 1. The highest BCUT2D eigenvalue weighted by Crippen LogP contribution is 2.23. The molecule has 3 rings (SSSR count). The van der Waals surface area contributed by atoms with E-state index in [1.165, 1.54) is 29.4 Å². The number of piperidine rings is 1. The van der Waals surface area contributed by atoms with Crippen molar-refractivity contribution in [2.75, 3.05) is 24.6 Å². The minimum absolute atomic E-state index is 0.0507. The Balaban J connectivity index is 1.48. The fourth-order valence-corrected chi connectivity index (χ4v) is 3.96. The molecule has 0 saturated carbocycles. The highest BCUT2D eigenvalue weighted by Gasteiger charge is 2.26. The summed E-state index contributed by atoms with van der Waals surface area (Å²) in [7, 11) is 0. The van der Waals surface area contributed by atoms with E-state index in [1.807, 2.05) is 0 Å². The first-order chi connectivity index (χ1) is 11.6. The third-order valence-electron chi connectivity index (χ3n) is 3.55. The van der Waals surface area contributed by atoms with Crippen molar-refractivity contribution in [3.8, 4) is 0 Å². The molecule has 2 amide bonds. The first kappa shape index (κ1) is 16.8. The van der Waals surface area contributed by atoms with Crippen molar-refractivity contribution in [2.45, 2.75) is 23.2 Å². The first-order valence-corrected chi connectivity index (χ1v) is 9.26.